The molecule has 0 saturated heterocycles. The number of anilines is 1. The Bertz CT molecular complexity index is 512. The Morgan fingerprint density at radius 1 is 1.31 bits per heavy atom. The lowest BCUT2D eigenvalue weighted by atomic mass is 10.1. The van der Waals surface area contributed by atoms with Gasteiger partial charge in [0.1, 0.15) is 11.5 Å². The van der Waals surface area contributed by atoms with Gasteiger partial charge in [-0.3, -0.25) is 4.98 Å². The van der Waals surface area contributed by atoms with Crippen LogP contribution in [0.1, 0.15) is 0 Å². The molecule has 0 unspecified atom stereocenters. The quantitative estimate of drug-likeness (QED) is 0.595. The lowest BCUT2D eigenvalue weighted by Crippen LogP contribution is -1.90. The number of nitrogens with zero attached hydrogens (tertiary/aromatic N) is 1. The van der Waals surface area contributed by atoms with E-state index in [1.807, 2.05) is 6.07 Å². The zero-order valence-electron chi connectivity index (χ0n) is 8.84. The molecule has 82 valence electrons. The normalized spacial score (nSPS) is 10.1. The maximum absolute atomic E-state index is 9.54. The van der Waals surface area contributed by atoms with Gasteiger partial charge in [-0.2, -0.15) is 0 Å². The molecular formula is C12H12N2O2. The number of rotatable bonds is 2. The molecule has 0 spiro atoms. The predicted octanol–water partition coefficient (Wildman–Crippen LogP) is 2.04. The summed E-state index contributed by atoms with van der Waals surface area (Å²) in [7, 11) is 1.59. The van der Waals surface area contributed by atoms with Crippen molar-refractivity contribution < 1.29 is 9.84 Å². The number of nitrogens with two attached hydrogens (primary N) is 1. The second-order valence-corrected chi connectivity index (χ2v) is 3.35. The Labute approximate surface area is 93.3 Å². The number of phenolic OH excluding ortho intramolecular Hbond substituents is 1. The molecule has 0 atom stereocenters. The largest absolute Gasteiger partial charge is 0.506 e. The molecule has 1 aromatic heterocycles. The maximum Gasteiger partial charge on any atom is 0.139 e. The summed E-state index contributed by atoms with van der Waals surface area (Å²) in [5.74, 6) is 0.766. The Morgan fingerprint density at radius 2 is 2.12 bits per heavy atom. The van der Waals surface area contributed by atoms with Gasteiger partial charge in [0.15, 0.2) is 0 Å². The van der Waals surface area contributed by atoms with Crippen LogP contribution in [0.4, 0.5) is 5.69 Å². The average molecular weight is 216 g/mol. The molecule has 4 heteroatoms. The fourth-order valence-corrected chi connectivity index (χ4v) is 1.49. The number of nitrogen functional groups attached to an aromatic ring is 1. The van der Waals surface area contributed by atoms with E-state index in [1.54, 1.807) is 37.7 Å². The molecule has 2 rings (SSSR count). The predicted molar refractivity (Wildman–Crippen MR) is 62.3 cm³/mol. The van der Waals surface area contributed by atoms with E-state index in [2.05, 4.69) is 4.98 Å². The van der Waals surface area contributed by atoms with Crippen LogP contribution in [0.3, 0.4) is 0 Å². The van der Waals surface area contributed by atoms with Crippen molar-refractivity contribution >= 4 is 5.69 Å². The molecule has 0 fully saturated rings. The van der Waals surface area contributed by atoms with Gasteiger partial charge in [-0.1, -0.05) is 6.07 Å². The van der Waals surface area contributed by atoms with Crippen LogP contribution >= 0.6 is 0 Å². The first-order valence-corrected chi connectivity index (χ1v) is 4.79. The summed E-state index contributed by atoms with van der Waals surface area (Å²) in [6.07, 6.45) is 3.34. The SMILES string of the molecule is COc1ccncc1-c1ccc(N)c(O)c1. The standard InChI is InChI=1S/C12H12N2O2/c1-16-12-4-5-14-7-9(12)8-2-3-10(13)11(15)6-8/h2-7,15H,13H2,1H3. The number of benzene rings is 1. The molecule has 2 aromatic rings. The number of methoxy groups -OCH3 is 1. The number of hydrogen-bond acceptors (Lipinski definition) is 4. The molecule has 3 N–H and O–H groups in total. The van der Waals surface area contributed by atoms with E-state index in [1.165, 1.54) is 0 Å². The van der Waals surface area contributed by atoms with Crippen molar-refractivity contribution in [3.8, 4) is 22.6 Å². The first-order chi connectivity index (χ1) is 7.72. The van der Waals surface area contributed by atoms with Crippen molar-refractivity contribution in [2.24, 2.45) is 0 Å². The molecule has 0 bridgehead atoms. The van der Waals surface area contributed by atoms with Gasteiger partial charge in [-0.15, -0.1) is 0 Å². The van der Waals surface area contributed by atoms with Crippen molar-refractivity contribution in [1.29, 1.82) is 0 Å². The number of hydrogen-bond donors (Lipinski definition) is 2. The molecule has 0 aliphatic heterocycles. The highest BCUT2D eigenvalue weighted by Gasteiger charge is 2.07. The molecule has 4 nitrogen and oxygen atoms in total. The highest BCUT2D eigenvalue weighted by Crippen LogP contribution is 2.32. The van der Waals surface area contributed by atoms with Crippen LogP contribution in [0, 0.1) is 0 Å². The van der Waals surface area contributed by atoms with Crippen molar-refractivity contribution in [1.82, 2.24) is 4.98 Å². The molecular weight excluding hydrogens is 204 g/mol. The number of phenols is 1. The van der Waals surface area contributed by atoms with Gasteiger partial charge in [0.05, 0.1) is 12.8 Å². The third-order valence-corrected chi connectivity index (χ3v) is 2.34. The van der Waals surface area contributed by atoms with Crippen molar-refractivity contribution in [2.45, 2.75) is 0 Å². The Kier molecular flexibility index (Phi) is 2.64. The van der Waals surface area contributed by atoms with Crippen LogP contribution in [-0.2, 0) is 0 Å². The molecule has 0 saturated carbocycles. The fraction of sp³-hybridized carbons (Fsp3) is 0.0833. The summed E-state index contributed by atoms with van der Waals surface area (Å²) >= 11 is 0. The Balaban J connectivity index is 2.54. The average Bonchev–Trinajstić information content (AvgIpc) is 2.32. The molecule has 1 heterocycles. The van der Waals surface area contributed by atoms with Crippen LogP contribution in [0.25, 0.3) is 11.1 Å². The molecule has 0 amide bonds. The highest BCUT2D eigenvalue weighted by atomic mass is 16.5. The maximum atomic E-state index is 9.54. The molecule has 0 radical (unpaired) electrons. The minimum Gasteiger partial charge on any atom is -0.506 e. The van der Waals surface area contributed by atoms with Gasteiger partial charge in [0.25, 0.3) is 0 Å². The number of pyridine rings is 1. The van der Waals surface area contributed by atoms with E-state index in [0.717, 1.165) is 11.1 Å². The van der Waals surface area contributed by atoms with Gasteiger partial charge >= 0.3 is 0 Å². The molecule has 0 aliphatic carbocycles. The summed E-state index contributed by atoms with van der Waals surface area (Å²) < 4.78 is 5.22. The topological polar surface area (TPSA) is 68.4 Å². The van der Waals surface area contributed by atoms with Gasteiger partial charge in [0, 0.05) is 18.0 Å². The minimum absolute atomic E-state index is 0.0587. The highest BCUT2D eigenvalue weighted by molar-refractivity contribution is 5.73. The van der Waals surface area contributed by atoms with Crippen LogP contribution in [0.2, 0.25) is 0 Å². The second kappa shape index (κ2) is 4.10. The number of ether oxygens (including phenoxy) is 1. The first kappa shape index (κ1) is 10.3. The summed E-state index contributed by atoms with van der Waals surface area (Å²) in [6.45, 7) is 0. The fourth-order valence-electron chi connectivity index (χ4n) is 1.49. The lowest BCUT2D eigenvalue weighted by molar-refractivity contribution is 0.416. The van der Waals surface area contributed by atoms with E-state index < -0.39 is 0 Å². The van der Waals surface area contributed by atoms with E-state index in [0.29, 0.717) is 11.4 Å². The zero-order valence-corrected chi connectivity index (χ0v) is 8.84. The van der Waals surface area contributed by atoms with E-state index in [-0.39, 0.29) is 5.75 Å². The van der Waals surface area contributed by atoms with E-state index in [9.17, 15) is 5.11 Å². The van der Waals surface area contributed by atoms with Crippen molar-refractivity contribution in [3.63, 3.8) is 0 Å². The molecule has 16 heavy (non-hydrogen) atoms. The van der Waals surface area contributed by atoms with Gasteiger partial charge < -0.3 is 15.6 Å². The lowest BCUT2D eigenvalue weighted by Gasteiger charge is -2.08. The molecule has 1 aromatic carbocycles. The van der Waals surface area contributed by atoms with Crippen molar-refractivity contribution in [3.05, 3.63) is 36.7 Å². The third-order valence-electron chi connectivity index (χ3n) is 2.34. The molecule has 0 aliphatic rings. The van der Waals surface area contributed by atoms with Gasteiger partial charge in [-0.05, 0) is 23.8 Å². The van der Waals surface area contributed by atoms with Crippen molar-refractivity contribution in [2.75, 3.05) is 12.8 Å². The summed E-state index contributed by atoms with van der Waals surface area (Å²) in [5.41, 5.74) is 7.53. The van der Waals surface area contributed by atoms with E-state index >= 15 is 0 Å². The van der Waals surface area contributed by atoms with Crippen LogP contribution < -0.4 is 10.5 Å². The van der Waals surface area contributed by atoms with Crippen LogP contribution in [0.5, 0.6) is 11.5 Å². The number of aromatic nitrogens is 1. The van der Waals surface area contributed by atoms with Gasteiger partial charge in [-0.25, -0.2) is 0 Å². The smallest absolute Gasteiger partial charge is 0.139 e. The summed E-state index contributed by atoms with van der Waals surface area (Å²) in [5, 5.41) is 9.54. The second-order valence-electron chi connectivity index (χ2n) is 3.35. The van der Waals surface area contributed by atoms with Crippen LogP contribution in [0.15, 0.2) is 36.7 Å². The van der Waals surface area contributed by atoms with E-state index in [4.69, 9.17) is 10.5 Å². The zero-order chi connectivity index (χ0) is 11.5. The Hall–Kier alpha value is -2.23. The Morgan fingerprint density at radius 3 is 2.81 bits per heavy atom. The summed E-state index contributed by atoms with van der Waals surface area (Å²) in [4.78, 5) is 4.03. The van der Waals surface area contributed by atoms with Gasteiger partial charge in [0.2, 0.25) is 0 Å². The van der Waals surface area contributed by atoms with Crippen LogP contribution in [-0.4, -0.2) is 17.2 Å². The minimum atomic E-state index is 0.0587. The number of aromatic hydroxyl groups is 1. The first-order valence-electron chi connectivity index (χ1n) is 4.79. The third kappa shape index (κ3) is 1.77. The summed E-state index contributed by atoms with van der Waals surface area (Å²) in [6, 6.07) is 6.82. The monoisotopic (exact) mass is 216 g/mol.